The number of hydrogen-bond acceptors (Lipinski definition) is 3. The predicted molar refractivity (Wildman–Crippen MR) is 70.4 cm³/mol. The smallest absolute Gasteiger partial charge is 0.255 e. The number of thiophene rings is 1. The van der Waals surface area contributed by atoms with Gasteiger partial charge in [-0.15, -0.1) is 11.3 Å². The number of halogens is 1. The summed E-state index contributed by atoms with van der Waals surface area (Å²) in [5.74, 6) is -0.384. The summed E-state index contributed by atoms with van der Waals surface area (Å²) in [6.45, 7) is 0.354. The number of benzene rings is 1. The van der Waals surface area contributed by atoms with Crippen LogP contribution in [0.25, 0.3) is 10.1 Å². The topological polar surface area (TPSA) is 22.1 Å². The monoisotopic (exact) mass is 259 g/mol. The Hall–Kier alpha value is -1.94. The van der Waals surface area contributed by atoms with Gasteiger partial charge in [0.05, 0.1) is 0 Å². The molecule has 0 aliphatic rings. The Morgan fingerprint density at radius 3 is 2.94 bits per heavy atom. The quantitative estimate of drug-likeness (QED) is 0.663. The van der Waals surface area contributed by atoms with Crippen LogP contribution in [0, 0.1) is 5.95 Å². The zero-order valence-electron chi connectivity index (χ0n) is 9.47. The first kappa shape index (κ1) is 11.2. The van der Waals surface area contributed by atoms with Gasteiger partial charge in [-0.1, -0.05) is 18.2 Å². The molecular formula is C14H10FNOS. The van der Waals surface area contributed by atoms with Crippen molar-refractivity contribution in [3.63, 3.8) is 0 Å². The third-order valence-corrected chi connectivity index (χ3v) is 3.68. The van der Waals surface area contributed by atoms with Crippen LogP contribution in [0.4, 0.5) is 4.39 Å². The lowest BCUT2D eigenvalue weighted by atomic mass is 10.2. The molecule has 0 N–H and O–H groups in total. The number of aromatic nitrogens is 1. The van der Waals surface area contributed by atoms with E-state index in [4.69, 9.17) is 4.74 Å². The van der Waals surface area contributed by atoms with Crippen LogP contribution >= 0.6 is 11.3 Å². The van der Waals surface area contributed by atoms with Crippen LogP contribution in [0.5, 0.6) is 5.75 Å². The van der Waals surface area contributed by atoms with E-state index in [1.807, 2.05) is 23.6 Å². The molecule has 0 fully saturated rings. The molecule has 0 bridgehead atoms. The molecule has 0 radical (unpaired) electrons. The van der Waals surface area contributed by atoms with Gasteiger partial charge >= 0.3 is 0 Å². The van der Waals surface area contributed by atoms with Crippen molar-refractivity contribution in [3.8, 4) is 5.75 Å². The van der Waals surface area contributed by atoms with Gasteiger partial charge in [0.25, 0.3) is 5.95 Å². The molecule has 0 aliphatic heterocycles. The summed E-state index contributed by atoms with van der Waals surface area (Å²) in [4.78, 5) is 3.55. The highest BCUT2D eigenvalue weighted by molar-refractivity contribution is 7.17. The van der Waals surface area contributed by atoms with E-state index < -0.39 is 5.95 Å². The van der Waals surface area contributed by atoms with Gasteiger partial charge in [-0.2, -0.15) is 4.39 Å². The summed E-state index contributed by atoms with van der Waals surface area (Å²) in [5, 5.41) is 3.20. The van der Waals surface area contributed by atoms with Crippen LogP contribution in [0.2, 0.25) is 0 Å². The molecule has 3 rings (SSSR count). The molecule has 0 aliphatic carbocycles. The fourth-order valence-electron chi connectivity index (χ4n) is 1.78. The summed E-state index contributed by atoms with van der Waals surface area (Å²) < 4.78 is 20.0. The first-order chi connectivity index (χ1) is 8.84. The zero-order chi connectivity index (χ0) is 12.4. The molecule has 0 unspecified atom stereocenters. The van der Waals surface area contributed by atoms with Crippen LogP contribution in [0.3, 0.4) is 0 Å². The van der Waals surface area contributed by atoms with Gasteiger partial charge in [-0.3, -0.25) is 0 Å². The lowest BCUT2D eigenvalue weighted by molar-refractivity contribution is 0.287. The van der Waals surface area contributed by atoms with E-state index in [9.17, 15) is 4.39 Å². The maximum Gasteiger partial charge on any atom is 0.255 e. The molecule has 2 aromatic heterocycles. The van der Waals surface area contributed by atoms with E-state index in [1.165, 1.54) is 10.9 Å². The number of fused-ring (bicyclic) bond motifs is 1. The molecule has 2 heterocycles. The van der Waals surface area contributed by atoms with Crippen LogP contribution < -0.4 is 4.74 Å². The first-order valence-electron chi connectivity index (χ1n) is 5.53. The second-order valence-corrected chi connectivity index (χ2v) is 4.75. The van der Waals surface area contributed by atoms with Gasteiger partial charge in [0, 0.05) is 16.5 Å². The number of pyridine rings is 1. The third-order valence-electron chi connectivity index (χ3n) is 2.67. The maximum atomic E-state index is 13.3. The minimum atomic E-state index is -0.572. The largest absolute Gasteiger partial charge is 0.484 e. The molecule has 0 saturated carbocycles. The Bertz CT molecular complexity index is 680. The van der Waals surface area contributed by atoms with Crippen molar-refractivity contribution in [2.75, 3.05) is 0 Å². The van der Waals surface area contributed by atoms with Crippen LogP contribution in [0.15, 0.2) is 48.0 Å². The van der Waals surface area contributed by atoms with Crippen molar-refractivity contribution in [1.29, 1.82) is 0 Å². The zero-order valence-corrected chi connectivity index (χ0v) is 10.3. The Labute approximate surface area is 108 Å². The molecule has 3 aromatic rings. The van der Waals surface area contributed by atoms with E-state index in [1.54, 1.807) is 23.5 Å². The van der Waals surface area contributed by atoms with Crippen LogP contribution in [0.1, 0.15) is 5.56 Å². The van der Waals surface area contributed by atoms with Crippen LogP contribution in [-0.4, -0.2) is 4.98 Å². The fraction of sp³-hybridized carbons (Fsp3) is 0.0714. The second-order valence-electron chi connectivity index (χ2n) is 3.84. The number of rotatable bonds is 3. The normalized spacial score (nSPS) is 10.7. The lowest BCUT2D eigenvalue weighted by Gasteiger charge is -2.05. The maximum absolute atomic E-state index is 13.3. The molecule has 4 heteroatoms. The van der Waals surface area contributed by atoms with Crippen LogP contribution in [-0.2, 0) is 6.61 Å². The Kier molecular flexibility index (Phi) is 2.94. The van der Waals surface area contributed by atoms with E-state index in [0.717, 1.165) is 10.9 Å². The van der Waals surface area contributed by atoms with E-state index >= 15 is 0 Å². The highest BCUT2D eigenvalue weighted by atomic mass is 32.1. The lowest BCUT2D eigenvalue weighted by Crippen LogP contribution is -1.97. The summed E-state index contributed by atoms with van der Waals surface area (Å²) in [5.41, 5.74) is 1.07. The standard InChI is InChI=1S/C14H10FNOS/c15-14-12(5-3-7-16-14)17-8-10-9-18-13-6-2-1-4-11(10)13/h1-7,9H,8H2. The Morgan fingerprint density at radius 2 is 2.06 bits per heavy atom. The van der Waals surface area contributed by atoms with Crippen molar-refractivity contribution in [2.24, 2.45) is 0 Å². The Morgan fingerprint density at radius 1 is 1.17 bits per heavy atom. The van der Waals surface area contributed by atoms with Gasteiger partial charge in [-0.25, -0.2) is 4.98 Å². The van der Waals surface area contributed by atoms with Gasteiger partial charge in [-0.05, 0) is 29.0 Å². The third kappa shape index (κ3) is 2.07. The summed E-state index contributed by atoms with van der Waals surface area (Å²) in [6.07, 6.45) is 1.40. The molecule has 2 nitrogen and oxygen atoms in total. The molecule has 0 spiro atoms. The molecule has 0 amide bonds. The first-order valence-corrected chi connectivity index (χ1v) is 6.41. The van der Waals surface area contributed by atoms with E-state index in [0.29, 0.717) is 6.61 Å². The second kappa shape index (κ2) is 4.74. The summed E-state index contributed by atoms with van der Waals surface area (Å²) in [7, 11) is 0. The minimum Gasteiger partial charge on any atom is -0.484 e. The molecule has 0 atom stereocenters. The van der Waals surface area contributed by atoms with E-state index in [2.05, 4.69) is 11.1 Å². The van der Waals surface area contributed by atoms with Gasteiger partial charge in [0.1, 0.15) is 6.61 Å². The number of hydrogen-bond donors (Lipinski definition) is 0. The molecule has 90 valence electrons. The molecule has 0 saturated heterocycles. The molecule has 1 aromatic carbocycles. The highest BCUT2D eigenvalue weighted by Crippen LogP contribution is 2.26. The van der Waals surface area contributed by atoms with Crippen molar-refractivity contribution >= 4 is 21.4 Å². The predicted octanol–water partition coefficient (Wildman–Crippen LogP) is 4.01. The van der Waals surface area contributed by atoms with Crippen molar-refractivity contribution in [3.05, 3.63) is 59.5 Å². The average Bonchev–Trinajstić information content (AvgIpc) is 2.81. The number of ether oxygens (including phenoxy) is 1. The Balaban J connectivity index is 1.83. The molecular weight excluding hydrogens is 249 g/mol. The van der Waals surface area contributed by atoms with Gasteiger partial charge < -0.3 is 4.74 Å². The van der Waals surface area contributed by atoms with Crippen molar-refractivity contribution in [1.82, 2.24) is 4.98 Å². The fourth-order valence-corrected chi connectivity index (χ4v) is 2.73. The average molecular weight is 259 g/mol. The summed E-state index contributed by atoms with van der Waals surface area (Å²) in [6, 6.07) is 11.3. The number of nitrogens with zero attached hydrogens (tertiary/aromatic N) is 1. The van der Waals surface area contributed by atoms with Gasteiger partial charge in [0.15, 0.2) is 5.75 Å². The van der Waals surface area contributed by atoms with Crippen molar-refractivity contribution in [2.45, 2.75) is 6.61 Å². The highest BCUT2D eigenvalue weighted by Gasteiger charge is 2.06. The van der Waals surface area contributed by atoms with Gasteiger partial charge in [0.2, 0.25) is 0 Å². The summed E-state index contributed by atoms with van der Waals surface area (Å²) >= 11 is 1.66. The SMILES string of the molecule is Fc1ncccc1OCc1csc2ccccc12. The molecule has 18 heavy (non-hydrogen) atoms. The van der Waals surface area contributed by atoms with E-state index in [-0.39, 0.29) is 5.75 Å². The van der Waals surface area contributed by atoms with Crippen molar-refractivity contribution < 1.29 is 9.13 Å². The minimum absolute atomic E-state index is 0.188.